The first-order valence-electron chi connectivity index (χ1n) is 12.2. The molecule has 0 amide bonds. The lowest BCUT2D eigenvalue weighted by atomic mass is 9.79. The Hall–Kier alpha value is -2.98. The first-order chi connectivity index (χ1) is 15.7. The maximum Gasteiger partial charge on any atom is 0.119 e. The van der Waals surface area contributed by atoms with Crippen LogP contribution in [0.2, 0.25) is 0 Å². The monoisotopic (exact) mass is 422 g/mol. The summed E-state index contributed by atoms with van der Waals surface area (Å²) in [4.78, 5) is 0. The Morgan fingerprint density at radius 2 is 1.25 bits per heavy atom. The smallest absolute Gasteiger partial charge is 0.119 e. The average Bonchev–Trinajstić information content (AvgIpc) is 2.85. The van der Waals surface area contributed by atoms with Crippen molar-refractivity contribution < 1.29 is 4.74 Å². The third-order valence-electron chi connectivity index (χ3n) is 6.59. The van der Waals surface area contributed by atoms with E-state index in [1.54, 1.807) is 0 Å². The summed E-state index contributed by atoms with van der Waals surface area (Å²) in [6.45, 7) is 5.34. The lowest BCUT2D eigenvalue weighted by Crippen LogP contribution is -2.10. The molecule has 0 heterocycles. The summed E-state index contributed by atoms with van der Waals surface area (Å²) < 4.78 is 5.76. The van der Waals surface area contributed by atoms with E-state index in [-0.39, 0.29) is 0 Å². The van der Waals surface area contributed by atoms with Crippen molar-refractivity contribution >= 4 is 0 Å². The Morgan fingerprint density at radius 3 is 1.81 bits per heavy atom. The van der Waals surface area contributed by atoms with Gasteiger partial charge in [-0.05, 0) is 84.2 Å². The maximum atomic E-state index is 5.76. The lowest BCUT2D eigenvalue weighted by Gasteiger charge is -2.26. The molecule has 3 aromatic rings. The zero-order valence-corrected chi connectivity index (χ0v) is 19.4. The standard InChI is InChI=1S/C31H34O/c1-3-4-23-32-31-21-19-30(20-22-31)29-17-11-26(12-18-29)8-7-25-9-15-28(16-10-25)27-13-5-24(2)6-14-27/h9-12,15-22,24,27H,3-6,13-14,23H2,1-2H3. The van der Waals surface area contributed by atoms with Gasteiger partial charge in [-0.2, -0.15) is 0 Å². The largest absolute Gasteiger partial charge is 0.494 e. The van der Waals surface area contributed by atoms with Crippen molar-refractivity contribution in [2.24, 2.45) is 5.92 Å². The molecule has 164 valence electrons. The molecule has 32 heavy (non-hydrogen) atoms. The summed E-state index contributed by atoms with van der Waals surface area (Å²) in [5.74, 6) is 9.20. The topological polar surface area (TPSA) is 9.23 Å². The Morgan fingerprint density at radius 1 is 0.719 bits per heavy atom. The van der Waals surface area contributed by atoms with Gasteiger partial charge >= 0.3 is 0 Å². The van der Waals surface area contributed by atoms with Crippen LogP contribution in [0.25, 0.3) is 11.1 Å². The quantitative estimate of drug-likeness (QED) is 0.287. The maximum absolute atomic E-state index is 5.76. The van der Waals surface area contributed by atoms with Crippen LogP contribution in [0.5, 0.6) is 5.75 Å². The molecule has 1 heteroatoms. The molecular weight excluding hydrogens is 388 g/mol. The van der Waals surface area contributed by atoms with Crippen LogP contribution in [0.3, 0.4) is 0 Å². The van der Waals surface area contributed by atoms with Gasteiger partial charge in [-0.15, -0.1) is 0 Å². The van der Waals surface area contributed by atoms with Gasteiger partial charge in [-0.3, -0.25) is 0 Å². The number of hydrogen-bond acceptors (Lipinski definition) is 1. The van der Waals surface area contributed by atoms with Crippen LogP contribution < -0.4 is 4.74 Å². The number of hydrogen-bond donors (Lipinski definition) is 0. The van der Waals surface area contributed by atoms with Gasteiger partial charge in [-0.1, -0.05) is 81.3 Å². The van der Waals surface area contributed by atoms with E-state index < -0.39 is 0 Å². The molecule has 1 aliphatic rings. The molecule has 0 radical (unpaired) electrons. The van der Waals surface area contributed by atoms with Gasteiger partial charge in [0.05, 0.1) is 6.61 Å². The fraction of sp³-hybridized carbons (Fsp3) is 0.355. The number of benzene rings is 3. The molecule has 0 N–H and O–H groups in total. The molecule has 1 fully saturated rings. The Labute approximate surface area is 193 Å². The molecule has 4 rings (SSSR count). The third-order valence-corrected chi connectivity index (χ3v) is 6.59. The summed E-state index contributed by atoms with van der Waals surface area (Å²) in [7, 11) is 0. The van der Waals surface area contributed by atoms with Crippen LogP contribution in [-0.4, -0.2) is 6.61 Å². The number of unbranched alkanes of at least 4 members (excludes halogenated alkanes) is 1. The molecule has 0 spiro atoms. The number of rotatable bonds is 6. The van der Waals surface area contributed by atoms with Crippen LogP contribution in [-0.2, 0) is 0 Å². The number of ether oxygens (including phenoxy) is 1. The van der Waals surface area contributed by atoms with Crippen LogP contribution >= 0.6 is 0 Å². The van der Waals surface area contributed by atoms with E-state index in [1.165, 1.54) is 42.4 Å². The van der Waals surface area contributed by atoms with Crippen molar-refractivity contribution in [3.8, 4) is 28.7 Å². The lowest BCUT2D eigenvalue weighted by molar-refractivity contribution is 0.309. The Balaban J connectivity index is 1.36. The molecule has 0 aliphatic heterocycles. The zero-order chi connectivity index (χ0) is 22.2. The van der Waals surface area contributed by atoms with E-state index >= 15 is 0 Å². The van der Waals surface area contributed by atoms with Crippen LogP contribution in [0.1, 0.15) is 75.0 Å². The molecule has 0 saturated heterocycles. The molecule has 0 unspecified atom stereocenters. The van der Waals surface area contributed by atoms with Gasteiger partial charge < -0.3 is 4.74 Å². The first-order valence-corrected chi connectivity index (χ1v) is 12.2. The van der Waals surface area contributed by atoms with Crippen LogP contribution in [0.4, 0.5) is 0 Å². The van der Waals surface area contributed by atoms with E-state index in [0.29, 0.717) is 0 Å². The van der Waals surface area contributed by atoms with E-state index in [4.69, 9.17) is 4.74 Å². The molecular formula is C31H34O. The molecule has 0 atom stereocenters. The summed E-state index contributed by atoms with van der Waals surface area (Å²) in [6.07, 6.45) is 7.62. The average molecular weight is 423 g/mol. The van der Waals surface area contributed by atoms with E-state index in [0.717, 1.165) is 48.2 Å². The molecule has 1 saturated carbocycles. The van der Waals surface area contributed by atoms with E-state index in [1.807, 2.05) is 0 Å². The normalized spacial score (nSPS) is 17.9. The highest BCUT2D eigenvalue weighted by Gasteiger charge is 2.19. The fourth-order valence-corrected chi connectivity index (χ4v) is 4.40. The molecule has 0 aromatic heterocycles. The van der Waals surface area contributed by atoms with Gasteiger partial charge in [0.25, 0.3) is 0 Å². The van der Waals surface area contributed by atoms with Gasteiger partial charge in [0, 0.05) is 11.1 Å². The van der Waals surface area contributed by atoms with Crippen molar-refractivity contribution in [2.75, 3.05) is 6.61 Å². The minimum Gasteiger partial charge on any atom is -0.494 e. The highest BCUT2D eigenvalue weighted by atomic mass is 16.5. The van der Waals surface area contributed by atoms with Gasteiger partial charge in [-0.25, -0.2) is 0 Å². The van der Waals surface area contributed by atoms with Gasteiger partial charge in [0.2, 0.25) is 0 Å². The van der Waals surface area contributed by atoms with Gasteiger partial charge in [0.1, 0.15) is 5.75 Å². The predicted molar refractivity (Wildman–Crippen MR) is 135 cm³/mol. The molecule has 3 aromatic carbocycles. The minimum atomic E-state index is 0.734. The molecule has 1 aliphatic carbocycles. The van der Waals surface area contributed by atoms with E-state index in [2.05, 4.69) is 98.5 Å². The highest BCUT2D eigenvalue weighted by Crippen LogP contribution is 2.35. The Kier molecular flexibility index (Phi) is 7.68. The predicted octanol–water partition coefficient (Wildman–Crippen LogP) is 8.23. The summed E-state index contributed by atoms with van der Waals surface area (Å²) in [6, 6.07) is 25.8. The van der Waals surface area contributed by atoms with Crippen LogP contribution in [0.15, 0.2) is 72.8 Å². The van der Waals surface area contributed by atoms with Crippen LogP contribution in [0, 0.1) is 17.8 Å². The third kappa shape index (κ3) is 6.04. The van der Waals surface area contributed by atoms with Crippen molar-refractivity contribution in [3.63, 3.8) is 0 Å². The Bertz CT molecular complexity index is 1020. The van der Waals surface area contributed by atoms with Crippen molar-refractivity contribution in [1.82, 2.24) is 0 Å². The summed E-state index contributed by atoms with van der Waals surface area (Å²) >= 11 is 0. The van der Waals surface area contributed by atoms with Crippen molar-refractivity contribution in [2.45, 2.75) is 58.3 Å². The molecule has 0 bridgehead atoms. The van der Waals surface area contributed by atoms with Gasteiger partial charge in [0.15, 0.2) is 0 Å². The summed E-state index contributed by atoms with van der Waals surface area (Å²) in [5, 5.41) is 0. The second-order valence-corrected chi connectivity index (χ2v) is 9.13. The minimum absolute atomic E-state index is 0.734. The van der Waals surface area contributed by atoms with Crippen molar-refractivity contribution in [3.05, 3.63) is 89.5 Å². The van der Waals surface area contributed by atoms with Crippen molar-refractivity contribution in [1.29, 1.82) is 0 Å². The molecule has 1 nitrogen and oxygen atoms in total. The highest BCUT2D eigenvalue weighted by molar-refractivity contribution is 5.65. The van der Waals surface area contributed by atoms with E-state index in [9.17, 15) is 0 Å². The second-order valence-electron chi connectivity index (χ2n) is 9.13. The SMILES string of the molecule is CCCCOc1ccc(-c2ccc(C#Cc3ccc(C4CCC(C)CC4)cc3)cc2)cc1. The second kappa shape index (κ2) is 11.1. The zero-order valence-electron chi connectivity index (χ0n) is 19.4. The first kappa shape index (κ1) is 22.2. The fourth-order valence-electron chi connectivity index (χ4n) is 4.40. The summed E-state index contributed by atoms with van der Waals surface area (Å²) in [5.41, 5.74) is 6.00.